The Kier molecular flexibility index (Phi) is 3.84. The summed E-state index contributed by atoms with van der Waals surface area (Å²) in [6.07, 6.45) is 1.53. The molecule has 2 aromatic heterocycles. The van der Waals surface area contributed by atoms with E-state index >= 15 is 0 Å². The largest absolute Gasteiger partial charge is 0.365 e. The summed E-state index contributed by atoms with van der Waals surface area (Å²) in [5.74, 6) is -0.710. The molecule has 0 saturated carbocycles. The number of nitrogens with one attached hydrogen (secondary N) is 1. The van der Waals surface area contributed by atoms with Crippen LogP contribution >= 0.6 is 11.3 Å². The minimum absolute atomic E-state index is 0.0564. The minimum Gasteiger partial charge on any atom is -0.300 e. The van der Waals surface area contributed by atoms with Crippen LogP contribution in [-0.4, -0.2) is 31.3 Å². The van der Waals surface area contributed by atoms with Crippen molar-refractivity contribution in [2.24, 2.45) is 0 Å². The zero-order valence-electron chi connectivity index (χ0n) is 13.1. The number of hydrogen-bond acceptors (Lipinski definition) is 6. The highest BCUT2D eigenvalue weighted by Gasteiger charge is 2.33. The summed E-state index contributed by atoms with van der Waals surface area (Å²) in [6.45, 7) is -0.324. The lowest BCUT2D eigenvalue weighted by Crippen LogP contribution is -2.36. The standard InChI is InChI=1S/C15H11FN6O3S/c16-9-1-3-10(4-2-9)20-7-11-18-14(24)21(22(11)15(20)25)8-12(23)19-13-17-5-6-26-13/h1-6H,7-8H2,(H,17,19,23). The van der Waals surface area contributed by atoms with Crippen LogP contribution in [0.2, 0.25) is 0 Å². The molecule has 1 aromatic carbocycles. The Balaban J connectivity index is 1.59. The van der Waals surface area contributed by atoms with Crippen LogP contribution in [0.15, 0.2) is 40.6 Å². The molecule has 0 bridgehead atoms. The highest BCUT2D eigenvalue weighted by Crippen LogP contribution is 2.23. The molecule has 9 nitrogen and oxygen atoms in total. The first-order chi connectivity index (χ1) is 12.5. The first-order valence-corrected chi connectivity index (χ1v) is 8.36. The van der Waals surface area contributed by atoms with E-state index in [0.717, 1.165) is 9.36 Å². The van der Waals surface area contributed by atoms with Crippen molar-refractivity contribution in [1.82, 2.24) is 19.3 Å². The third-order valence-electron chi connectivity index (χ3n) is 3.75. The molecule has 11 heteroatoms. The maximum Gasteiger partial charge on any atom is 0.365 e. The normalized spacial score (nSPS) is 13.1. The Morgan fingerprint density at radius 2 is 2.04 bits per heavy atom. The number of anilines is 2. The van der Waals surface area contributed by atoms with Gasteiger partial charge in [0, 0.05) is 17.3 Å². The molecule has 1 aliphatic heterocycles. The fraction of sp³-hybridized carbons (Fsp3) is 0.133. The van der Waals surface area contributed by atoms with Crippen LogP contribution in [-0.2, 0) is 17.9 Å². The summed E-state index contributed by atoms with van der Waals surface area (Å²) in [6, 6.07) is 4.84. The number of nitrogens with zero attached hydrogens (tertiary/aromatic N) is 5. The fourth-order valence-corrected chi connectivity index (χ4v) is 3.17. The third kappa shape index (κ3) is 2.77. The number of aromatic nitrogens is 4. The second-order valence-corrected chi connectivity index (χ2v) is 6.31. The number of carbonyl (C=O) groups excluding carboxylic acids is 2. The van der Waals surface area contributed by atoms with Gasteiger partial charge in [0.2, 0.25) is 5.91 Å². The molecule has 0 fully saturated rings. The molecule has 0 atom stereocenters. The van der Waals surface area contributed by atoms with Crippen molar-refractivity contribution in [3.63, 3.8) is 0 Å². The van der Waals surface area contributed by atoms with E-state index in [0.29, 0.717) is 10.8 Å². The number of halogens is 1. The Hall–Kier alpha value is -3.34. The zero-order valence-corrected chi connectivity index (χ0v) is 13.9. The number of fused-ring (bicyclic) bond motifs is 1. The van der Waals surface area contributed by atoms with Crippen molar-refractivity contribution in [1.29, 1.82) is 0 Å². The molecule has 1 aliphatic rings. The van der Waals surface area contributed by atoms with Gasteiger partial charge in [-0.05, 0) is 24.3 Å². The predicted molar refractivity (Wildman–Crippen MR) is 90.6 cm³/mol. The Morgan fingerprint density at radius 3 is 2.73 bits per heavy atom. The van der Waals surface area contributed by atoms with Crippen molar-refractivity contribution >= 4 is 34.1 Å². The van der Waals surface area contributed by atoms with Gasteiger partial charge in [-0.1, -0.05) is 0 Å². The number of benzene rings is 1. The summed E-state index contributed by atoms with van der Waals surface area (Å²) < 4.78 is 15.1. The molecule has 2 amide bonds. The van der Waals surface area contributed by atoms with E-state index in [1.54, 1.807) is 5.38 Å². The maximum absolute atomic E-state index is 13.1. The van der Waals surface area contributed by atoms with Crippen molar-refractivity contribution in [3.05, 3.63) is 58.0 Å². The van der Waals surface area contributed by atoms with Crippen LogP contribution in [0.5, 0.6) is 0 Å². The molecule has 0 saturated heterocycles. The Labute approximate surface area is 149 Å². The van der Waals surface area contributed by atoms with E-state index in [1.165, 1.54) is 46.7 Å². The minimum atomic E-state index is -0.693. The van der Waals surface area contributed by atoms with Crippen molar-refractivity contribution in [2.75, 3.05) is 10.2 Å². The summed E-state index contributed by atoms with van der Waals surface area (Å²) in [5, 5.41) is 4.63. The molecule has 0 aliphatic carbocycles. The van der Waals surface area contributed by atoms with E-state index in [-0.39, 0.29) is 18.9 Å². The topological polar surface area (TPSA) is 102 Å². The number of carbonyl (C=O) groups is 2. The number of rotatable bonds is 4. The van der Waals surface area contributed by atoms with E-state index in [4.69, 9.17) is 0 Å². The molecule has 132 valence electrons. The van der Waals surface area contributed by atoms with Gasteiger partial charge < -0.3 is 5.32 Å². The summed E-state index contributed by atoms with van der Waals surface area (Å²) in [5.41, 5.74) is -0.227. The first-order valence-electron chi connectivity index (χ1n) is 7.48. The molecule has 26 heavy (non-hydrogen) atoms. The van der Waals surface area contributed by atoms with Gasteiger partial charge in [-0.25, -0.2) is 23.6 Å². The van der Waals surface area contributed by atoms with Crippen LogP contribution in [0.3, 0.4) is 0 Å². The average Bonchev–Trinajstić information content (AvgIpc) is 3.29. The van der Waals surface area contributed by atoms with Gasteiger partial charge in [0.05, 0.1) is 6.54 Å². The predicted octanol–water partition coefficient (Wildman–Crippen LogP) is 1.27. The molecule has 4 rings (SSSR count). The number of amides is 2. The summed E-state index contributed by atoms with van der Waals surface area (Å²) in [7, 11) is 0. The molecule has 3 aromatic rings. The highest BCUT2D eigenvalue weighted by atomic mass is 32.1. The third-order valence-corrected chi connectivity index (χ3v) is 4.44. The molecule has 0 spiro atoms. The fourth-order valence-electron chi connectivity index (χ4n) is 2.62. The van der Waals surface area contributed by atoms with Crippen LogP contribution in [0, 0.1) is 5.82 Å². The maximum atomic E-state index is 13.1. The highest BCUT2D eigenvalue weighted by molar-refractivity contribution is 7.13. The summed E-state index contributed by atoms with van der Waals surface area (Å²) in [4.78, 5) is 45.9. The smallest absolute Gasteiger partial charge is 0.300 e. The molecule has 0 unspecified atom stereocenters. The van der Waals surface area contributed by atoms with Gasteiger partial charge in [-0.3, -0.25) is 9.69 Å². The van der Waals surface area contributed by atoms with Crippen molar-refractivity contribution in [3.8, 4) is 0 Å². The van der Waals surface area contributed by atoms with Crippen molar-refractivity contribution in [2.45, 2.75) is 13.1 Å². The summed E-state index contributed by atoms with van der Waals surface area (Å²) >= 11 is 1.23. The molecule has 3 heterocycles. The molecule has 0 radical (unpaired) electrons. The lowest BCUT2D eigenvalue weighted by atomic mass is 10.3. The van der Waals surface area contributed by atoms with Gasteiger partial charge in [-0.2, -0.15) is 9.67 Å². The van der Waals surface area contributed by atoms with Gasteiger partial charge >= 0.3 is 11.7 Å². The lowest BCUT2D eigenvalue weighted by molar-refractivity contribution is -0.117. The Morgan fingerprint density at radius 1 is 1.27 bits per heavy atom. The SMILES string of the molecule is O=C(Cn1c(=O)nc2n1C(=O)N(c1ccc(F)cc1)C2)Nc1nccs1. The van der Waals surface area contributed by atoms with Gasteiger partial charge in [0.25, 0.3) is 0 Å². The second kappa shape index (κ2) is 6.19. The van der Waals surface area contributed by atoms with Crippen LogP contribution in [0.25, 0.3) is 0 Å². The molecule has 1 N–H and O–H groups in total. The number of hydrogen-bond donors (Lipinski definition) is 1. The van der Waals surface area contributed by atoms with E-state index in [1.807, 2.05) is 0 Å². The van der Waals surface area contributed by atoms with E-state index < -0.39 is 23.4 Å². The van der Waals surface area contributed by atoms with Crippen molar-refractivity contribution < 1.29 is 14.0 Å². The van der Waals surface area contributed by atoms with E-state index in [9.17, 15) is 18.8 Å². The van der Waals surface area contributed by atoms with Gasteiger partial charge in [-0.15, -0.1) is 11.3 Å². The average molecular weight is 374 g/mol. The second-order valence-electron chi connectivity index (χ2n) is 5.41. The molecular formula is C15H11FN6O3S. The zero-order chi connectivity index (χ0) is 18.3. The molecular weight excluding hydrogens is 363 g/mol. The van der Waals surface area contributed by atoms with Gasteiger partial charge in [0.1, 0.15) is 12.4 Å². The van der Waals surface area contributed by atoms with Crippen LogP contribution < -0.4 is 15.9 Å². The lowest BCUT2D eigenvalue weighted by Gasteiger charge is -2.15. The van der Waals surface area contributed by atoms with Gasteiger partial charge in [0.15, 0.2) is 11.0 Å². The monoisotopic (exact) mass is 374 g/mol. The number of thiazole rings is 1. The first kappa shape index (κ1) is 16.1. The van der Waals surface area contributed by atoms with Crippen LogP contribution in [0.4, 0.5) is 20.0 Å². The Bertz CT molecular complexity index is 1040. The quantitative estimate of drug-likeness (QED) is 0.741. The van der Waals surface area contributed by atoms with E-state index in [2.05, 4.69) is 15.3 Å². The van der Waals surface area contributed by atoms with Crippen LogP contribution in [0.1, 0.15) is 5.82 Å².